The molecule has 3 heteroatoms. The summed E-state index contributed by atoms with van der Waals surface area (Å²) in [5, 5.41) is 3.37. The fourth-order valence-electron chi connectivity index (χ4n) is 1.81. The topological polar surface area (TPSA) is 34.2 Å². The highest BCUT2D eigenvalue weighted by Gasteiger charge is 1.99. The molecule has 1 heterocycles. The maximum absolute atomic E-state index is 5.10. The van der Waals surface area contributed by atoms with Crippen LogP contribution >= 0.6 is 0 Å². The average Bonchev–Trinajstić information content (AvgIpc) is 2.48. The maximum atomic E-state index is 5.10. The van der Waals surface area contributed by atoms with Gasteiger partial charge in [-0.05, 0) is 22.8 Å². The van der Waals surface area contributed by atoms with Gasteiger partial charge in [-0.3, -0.25) is 0 Å². The van der Waals surface area contributed by atoms with E-state index in [4.69, 9.17) is 4.74 Å². The van der Waals surface area contributed by atoms with Gasteiger partial charge in [-0.25, -0.2) is 4.98 Å². The first-order valence-electron chi connectivity index (χ1n) is 6.22. The normalized spacial score (nSPS) is 10.2. The van der Waals surface area contributed by atoms with Crippen LogP contribution in [0.25, 0.3) is 5.57 Å². The van der Waals surface area contributed by atoms with Crippen molar-refractivity contribution in [2.24, 2.45) is 0 Å². The van der Waals surface area contributed by atoms with Gasteiger partial charge in [0.15, 0.2) is 0 Å². The first-order chi connectivity index (χ1) is 9.29. The van der Waals surface area contributed by atoms with Gasteiger partial charge in [-0.2, -0.15) is 0 Å². The van der Waals surface area contributed by atoms with E-state index in [1.807, 2.05) is 30.3 Å². The third-order valence-electron chi connectivity index (χ3n) is 2.86. The van der Waals surface area contributed by atoms with E-state index in [-0.39, 0.29) is 0 Å². The summed E-state index contributed by atoms with van der Waals surface area (Å²) in [6.45, 7) is 5.62. The summed E-state index contributed by atoms with van der Waals surface area (Å²) in [7, 11) is 1.62. The van der Waals surface area contributed by atoms with Crippen molar-refractivity contribution in [1.29, 1.82) is 0 Å². The molecule has 0 unspecified atom stereocenters. The Labute approximate surface area is 114 Å². The quantitative estimate of drug-likeness (QED) is 0.860. The number of nitrogens with one attached hydrogen (secondary N) is 1. The molecule has 1 N–H and O–H groups in total. The van der Waals surface area contributed by atoms with E-state index in [2.05, 4.69) is 29.0 Å². The third-order valence-corrected chi connectivity index (χ3v) is 2.86. The number of aromatic nitrogens is 1. The summed E-state index contributed by atoms with van der Waals surface area (Å²) in [6.07, 6.45) is 1.75. The largest absolute Gasteiger partial charge is 0.481 e. The van der Waals surface area contributed by atoms with Crippen LogP contribution in [0.4, 0.5) is 0 Å². The van der Waals surface area contributed by atoms with Gasteiger partial charge in [0.25, 0.3) is 0 Å². The number of pyridine rings is 1. The van der Waals surface area contributed by atoms with Crippen molar-refractivity contribution < 1.29 is 4.74 Å². The first-order valence-corrected chi connectivity index (χ1v) is 6.22. The molecule has 0 aliphatic carbocycles. The number of nitrogens with zero attached hydrogens (tertiary/aromatic N) is 1. The molecular formula is C16H18N2O. The average molecular weight is 254 g/mol. The Balaban J connectivity index is 1.85. The third kappa shape index (κ3) is 3.93. The van der Waals surface area contributed by atoms with Crippen molar-refractivity contribution in [3.05, 3.63) is 66.4 Å². The zero-order valence-electron chi connectivity index (χ0n) is 11.1. The summed E-state index contributed by atoms with van der Waals surface area (Å²) in [6, 6.07) is 14.1. The zero-order chi connectivity index (χ0) is 13.5. The minimum absolute atomic E-state index is 0.640. The number of hydrogen-bond acceptors (Lipinski definition) is 3. The lowest BCUT2D eigenvalue weighted by Gasteiger charge is -2.08. The molecule has 98 valence electrons. The molecule has 0 radical (unpaired) electrons. The summed E-state index contributed by atoms with van der Waals surface area (Å²) in [5.41, 5.74) is 3.40. The molecule has 2 aromatic rings. The molecule has 2 rings (SSSR count). The van der Waals surface area contributed by atoms with Gasteiger partial charge in [0.05, 0.1) is 7.11 Å². The predicted octanol–water partition coefficient (Wildman–Crippen LogP) is 2.89. The van der Waals surface area contributed by atoms with Gasteiger partial charge in [0, 0.05) is 25.4 Å². The molecule has 0 aliphatic heterocycles. The van der Waals surface area contributed by atoms with Crippen molar-refractivity contribution >= 4 is 5.57 Å². The van der Waals surface area contributed by atoms with Crippen molar-refractivity contribution in [2.75, 3.05) is 13.7 Å². The molecule has 3 nitrogen and oxygen atoms in total. The van der Waals surface area contributed by atoms with E-state index in [0.717, 1.165) is 24.2 Å². The molecule has 0 fully saturated rings. The van der Waals surface area contributed by atoms with Crippen LogP contribution in [0.1, 0.15) is 11.1 Å². The van der Waals surface area contributed by atoms with Crippen LogP contribution in [0.5, 0.6) is 5.88 Å². The second-order valence-corrected chi connectivity index (χ2v) is 4.28. The summed E-state index contributed by atoms with van der Waals surface area (Å²) in [5.74, 6) is 0.640. The molecule has 1 aromatic carbocycles. The van der Waals surface area contributed by atoms with Gasteiger partial charge < -0.3 is 10.1 Å². The van der Waals surface area contributed by atoms with E-state index in [1.54, 1.807) is 13.3 Å². The monoisotopic (exact) mass is 254 g/mol. The number of methoxy groups -OCH3 is 1. The van der Waals surface area contributed by atoms with E-state index in [0.29, 0.717) is 5.88 Å². The Hall–Kier alpha value is -2.13. The van der Waals surface area contributed by atoms with Crippen LogP contribution in [0, 0.1) is 0 Å². The molecule has 19 heavy (non-hydrogen) atoms. The minimum Gasteiger partial charge on any atom is -0.481 e. The fraction of sp³-hybridized carbons (Fsp3) is 0.188. The molecule has 0 saturated carbocycles. The molecule has 0 spiro atoms. The number of benzene rings is 1. The Morgan fingerprint density at radius 3 is 2.79 bits per heavy atom. The second-order valence-electron chi connectivity index (χ2n) is 4.28. The zero-order valence-corrected chi connectivity index (χ0v) is 11.1. The summed E-state index contributed by atoms with van der Waals surface area (Å²) < 4.78 is 5.10. The van der Waals surface area contributed by atoms with E-state index < -0.39 is 0 Å². The van der Waals surface area contributed by atoms with Crippen molar-refractivity contribution in [3.63, 3.8) is 0 Å². The smallest absolute Gasteiger partial charge is 0.213 e. The first kappa shape index (κ1) is 13.3. The minimum atomic E-state index is 0.640. The number of ether oxygens (including phenoxy) is 1. The standard InChI is InChI=1S/C16H18N2O/c1-13(15-6-4-3-5-7-15)11-17-12-14-8-9-18-16(10-14)19-2/h3-10,17H,1,11-12H2,2H3. The summed E-state index contributed by atoms with van der Waals surface area (Å²) >= 11 is 0. The molecule has 0 bridgehead atoms. The highest BCUT2D eigenvalue weighted by molar-refractivity contribution is 5.64. The molecule has 0 atom stereocenters. The molecule has 1 aromatic heterocycles. The Morgan fingerprint density at radius 2 is 2.05 bits per heavy atom. The van der Waals surface area contributed by atoms with Crippen LogP contribution in [-0.4, -0.2) is 18.6 Å². The van der Waals surface area contributed by atoms with Crippen LogP contribution in [0.2, 0.25) is 0 Å². The lowest BCUT2D eigenvalue weighted by Crippen LogP contribution is -2.15. The maximum Gasteiger partial charge on any atom is 0.213 e. The molecular weight excluding hydrogens is 236 g/mol. The van der Waals surface area contributed by atoms with Gasteiger partial charge in [0.2, 0.25) is 5.88 Å². The van der Waals surface area contributed by atoms with Crippen LogP contribution in [0.15, 0.2) is 55.2 Å². The van der Waals surface area contributed by atoms with Gasteiger partial charge in [0.1, 0.15) is 0 Å². The van der Waals surface area contributed by atoms with E-state index in [1.165, 1.54) is 5.56 Å². The lowest BCUT2D eigenvalue weighted by molar-refractivity contribution is 0.397. The van der Waals surface area contributed by atoms with Crippen molar-refractivity contribution in [1.82, 2.24) is 10.3 Å². The highest BCUT2D eigenvalue weighted by atomic mass is 16.5. The van der Waals surface area contributed by atoms with Crippen LogP contribution in [0.3, 0.4) is 0 Å². The predicted molar refractivity (Wildman–Crippen MR) is 78.0 cm³/mol. The number of hydrogen-bond donors (Lipinski definition) is 1. The number of rotatable bonds is 6. The second kappa shape index (κ2) is 6.71. The van der Waals surface area contributed by atoms with E-state index in [9.17, 15) is 0 Å². The van der Waals surface area contributed by atoms with Gasteiger partial charge in [-0.15, -0.1) is 0 Å². The fourth-order valence-corrected chi connectivity index (χ4v) is 1.81. The Kier molecular flexibility index (Phi) is 4.70. The molecule has 0 amide bonds. The van der Waals surface area contributed by atoms with Crippen LogP contribution < -0.4 is 10.1 Å². The lowest BCUT2D eigenvalue weighted by atomic mass is 10.1. The Morgan fingerprint density at radius 1 is 1.26 bits per heavy atom. The molecule has 0 saturated heterocycles. The van der Waals surface area contributed by atoms with Gasteiger partial charge in [-0.1, -0.05) is 36.9 Å². The summed E-state index contributed by atoms with van der Waals surface area (Å²) in [4.78, 5) is 4.08. The van der Waals surface area contributed by atoms with Gasteiger partial charge >= 0.3 is 0 Å². The van der Waals surface area contributed by atoms with E-state index >= 15 is 0 Å². The Bertz CT molecular complexity index is 537. The van der Waals surface area contributed by atoms with Crippen LogP contribution in [-0.2, 0) is 6.54 Å². The van der Waals surface area contributed by atoms with Crippen molar-refractivity contribution in [2.45, 2.75) is 6.54 Å². The SMILES string of the molecule is C=C(CNCc1ccnc(OC)c1)c1ccccc1. The molecule has 0 aliphatic rings. The van der Waals surface area contributed by atoms with Crippen molar-refractivity contribution in [3.8, 4) is 5.88 Å². The highest BCUT2D eigenvalue weighted by Crippen LogP contribution is 2.11.